The van der Waals surface area contributed by atoms with Gasteiger partial charge in [-0.1, -0.05) is 17.7 Å². The number of halogens is 1. The Morgan fingerprint density at radius 3 is 2.58 bits per heavy atom. The van der Waals surface area contributed by atoms with Gasteiger partial charge >= 0.3 is 5.69 Å². The Bertz CT molecular complexity index is 1460. The fourth-order valence-corrected chi connectivity index (χ4v) is 3.53. The molecule has 10 heteroatoms. The van der Waals surface area contributed by atoms with Crippen LogP contribution in [0.5, 0.6) is 5.75 Å². The number of aromatic nitrogens is 4. The molecule has 4 aromatic rings. The second kappa shape index (κ2) is 9.25. The maximum Gasteiger partial charge on any atom is 0.333 e. The smallest absolute Gasteiger partial charge is 0.333 e. The van der Waals surface area contributed by atoms with Crippen LogP contribution in [0.2, 0.25) is 5.02 Å². The van der Waals surface area contributed by atoms with Gasteiger partial charge in [-0.25, -0.2) is 14.8 Å². The van der Waals surface area contributed by atoms with Gasteiger partial charge in [0.1, 0.15) is 17.7 Å². The predicted octanol–water partition coefficient (Wildman–Crippen LogP) is 2.94. The zero-order valence-electron chi connectivity index (χ0n) is 17.9. The summed E-state index contributed by atoms with van der Waals surface area (Å²) in [7, 11) is 1.52. The molecular weight excluding hydrogens is 446 g/mol. The summed E-state index contributed by atoms with van der Waals surface area (Å²) in [5.41, 5.74) is 0.120. The van der Waals surface area contributed by atoms with Crippen LogP contribution in [0.1, 0.15) is 6.92 Å². The Morgan fingerprint density at radius 2 is 1.88 bits per heavy atom. The normalized spacial score (nSPS) is 10.9. The third-order valence-corrected chi connectivity index (χ3v) is 5.29. The molecule has 0 saturated carbocycles. The van der Waals surface area contributed by atoms with Crippen LogP contribution >= 0.6 is 11.6 Å². The molecule has 2 aromatic heterocycles. The van der Waals surface area contributed by atoms with E-state index >= 15 is 0 Å². The van der Waals surface area contributed by atoms with Crippen molar-refractivity contribution in [2.45, 2.75) is 20.0 Å². The number of nitrogens with one attached hydrogen (secondary N) is 1. The number of fused-ring (bicyclic) bond motifs is 1. The standard InChI is InChI=1S/C23H20ClN5O4/c1-3-28-21-18(12-25-20(27-21)14-7-9-15(24)10-8-14)22(31)29(23(28)32)13-19(30)26-16-5-4-6-17(11-16)33-2/h4-12H,3,13H2,1-2H3,(H,26,30). The van der Waals surface area contributed by atoms with Crippen molar-refractivity contribution in [2.75, 3.05) is 12.4 Å². The van der Waals surface area contributed by atoms with E-state index in [9.17, 15) is 14.4 Å². The van der Waals surface area contributed by atoms with Crippen LogP contribution in [-0.2, 0) is 17.9 Å². The highest BCUT2D eigenvalue weighted by atomic mass is 35.5. The van der Waals surface area contributed by atoms with Gasteiger partial charge < -0.3 is 10.1 Å². The van der Waals surface area contributed by atoms with Gasteiger partial charge in [0.2, 0.25) is 5.91 Å². The molecule has 0 aliphatic rings. The summed E-state index contributed by atoms with van der Waals surface area (Å²) in [6, 6.07) is 13.7. The van der Waals surface area contributed by atoms with E-state index in [0.717, 1.165) is 4.57 Å². The summed E-state index contributed by atoms with van der Waals surface area (Å²) in [6.45, 7) is 1.56. The number of carbonyl (C=O) groups is 1. The molecule has 0 aliphatic carbocycles. The highest BCUT2D eigenvalue weighted by Crippen LogP contribution is 2.19. The minimum Gasteiger partial charge on any atom is -0.497 e. The van der Waals surface area contributed by atoms with E-state index in [1.807, 2.05) is 0 Å². The highest BCUT2D eigenvalue weighted by Gasteiger charge is 2.17. The second-order valence-electron chi connectivity index (χ2n) is 7.14. The lowest BCUT2D eigenvalue weighted by molar-refractivity contribution is -0.116. The SMILES string of the molecule is CCn1c(=O)n(CC(=O)Nc2cccc(OC)c2)c(=O)c2cnc(-c3ccc(Cl)cc3)nc21. The van der Waals surface area contributed by atoms with Gasteiger partial charge in [0.15, 0.2) is 11.5 Å². The molecular formula is C23H20ClN5O4. The molecule has 0 saturated heterocycles. The number of nitrogens with zero attached hydrogens (tertiary/aromatic N) is 4. The van der Waals surface area contributed by atoms with Crippen LogP contribution in [0.15, 0.2) is 64.3 Å². The Kier molecular flexibility index (Phi) is 6.23. The Balaban J connectivity index is 1.72. The van der Waals surface area contributed by atoms with Crippen molar-refractivity contribution in [1.82, 2.24) is 19.1 Å². The molecule has 2 heterocycles. The van der Waals surface area contributed by atoms with Crippen LogP contribution in [0.4, 0.5) is 5.69 Å². The maximum atomic E-state index is 13.1. The molecule has 0 unspecified atom stereocenters. The van der Waals surface area contributed by atoms with Crippen molar-refractivity contribution in [1.29, 1.82) is 0 Å². The molecule has 4 rings (SSSR count). The van der Waals surface area contributed by atoms with Gasteiger partial charge in [-0.3, -0.25) is 18.7 Å². The topological polar surface area (TPSA) is 108 Å². The van der Waals surface area contributed by atoms with Crippen LogP contribution in [-0.4, -0.2) is 32.1 Å². The summed E-state index contributed by atoms with van der Waals surface area (Å²) in [4.78, 5) is 47.4. The van der Waals surface area contributed by atoms with Gasteiger partial charge in [0.25, 0.3) is 5.56 Å². The number of benzene rings is 2. The molecule has 0 fully saturated rings. The summed E-state index contributed by atoms with van der Waals surface area (Å²) < 4.78 is 7.36. The summed E-state index contributed by atoms with van der Waals surface area (Å²) >= 11 is 5.94. The quantitative estimate of drug-likeness (QED) is 0.469. The lowest BCUT2D eigenvalue weighted by Crippen LogP contribution is -2.42. The zero-order valence-corrected chi connectivity index (χ0v) is 18.7. The first-order valence-electron chi connectivity index (χ1n) is 10.1. The molecule has 0 atom stereocenters. The predicted molar refractivity (Wildman–Crippen MR) is 126 cm³/mol. The first-order chi connectivity index (χ1) is 15.9. The molecule has 0 aliphatic heterocycles. The van der Waals surface area contributed by atoms with Crippen molar-refractivity contribution in [3.63, 3.8) is 0 Å². The largest absolute Gasteiger partial charge is 0.497 e. The van der Waals surface area contributed by atoms with E-state index in [4.69, 9.17) is 16.3 Å². The first kappa shape index (κ1) is 22.2. The number of hydrogen-bond donors (Lipinski definition) is 1. The molecule has 2 aromatic carbocycles. The first-order valence-corrected chi connectivity index (χ1v) is 10.5. The van der Waals surface area contributed by atoms with Gasteiger partial charge in [-0.2, -0.15) is 0 Å². The molecule has 1 amide bonds. The van der Waals surface area contributed by atoms with E-state index < -0.39 is 23.7 Å². The highest BCUT2D eigenvalue weighted by molar-refractivity contribution is 6.30. The van der Waals surface area contributed by atoms with Gasteiger partial charge in [0.05, 0.1) is 7.11 Å². The van der Waals surface area contributed by atoms with E-state index in [1.165, 1.54) is 17.9 Å². The lowest BCUT2D eigenvalue weighted by Gasteiger charge is -2.13. The second-order valence-corrected chi connectivity index (χ2v) is 7.57. The third-order valence-electron chi connectivity index (χ3n) is 5.04. The summed E-state index contributed by atoms with van der Waals surface area (Å²) in [6.07, 6.45) is 1.37. The average Bonchev–Trinajstić information content (AvgIpc) is 2.82. The van der Waals surface area contributed by atoms with Crippen molar-refractivity contribution < 1.29 is 9.53 Å². The summed E-state index contributed by atoms with van der Waals surface area (Å²) in [5.74, 6) is 0.398. The lowest BCUT2D eigenvalue weighted by atomic mass is 10.2. The van der Waals surface area contributed by atoms with Gasteiger partial charge in [-0.05, 0) is 43.3 Å². The molecule has 0 spiro atoms. The molecule has 9 nitrogen and oxygen atoms in total. The number of hydrogen-bond acceptors (Lipinski definition) is 6. The number of amides is 1. The fourth-order valence-electron chi connectivity index (χ4n) is 3.41. The Morgan fingerprint density at radius 1 is 1.12 bits per heavy atom. The minimum atomic E-state index is -0.636. The monoisotopic (exact) mass is 465 g/mol. The number of aryl methyl sites for hydroxylation is 1. The maximum absolute atomic E-state index is 13.1. The van der Waals surface area contributed by atoms with E-state index in [2.05, 4.69) is 15.3 Å². The van der Waals surface area contributed by atoms with Crippen molar-refractivity contribution >= 4 is 34.2 Å². The minimum absolute atomic E-state index is 0.142. The number of carbonyl (C=O) groups excluding carboxylic acids is 1. The van der Waals surface area contributed by atoms with Gasteiger partial charge in [0, 0.05) is 35.1 Å². The van der Waals surface area contributed by atoms with Crippen LogP contribution in [0.3, 0.4) is 0 Å². The number of rotatable bonds is 6. The molecule has 168 valence electrons. The number of methoxy groups -OCH3 is 1. The van der Waals surface area contributed by atoms with Gasteiger partial charge in [-0.15, -0.1) is 0 Å². The summed E-state index contributed by atoms with van der Waals surface area (Å²) in [5, 5.41) is 3.38. The Labute approximate surface area is 193 Å². The molecule has 33 heavy (non-hydrogen) atoms. The van der Waals surface area contributed by atoms with Crippen molar-refractivity contribution in [2.24, 2.45) is 0 Å². The average molecular weight is 466 g/mol. The van der Waals surface area contributed by atoms with Crippen LogP contribution in [0, 0.1) is 0 Å². The molecule has 1 N–H and O–H groups in total. The van der Waals surface area contributed by atoms with E-state index in [-0.39, 0.29) is 17.6 Å². The molecule has 0 bridgehead atoms. The third kappa shape index (κ3) is 4.49. The van der Waals surface area contributed by atoms with Crippen molar-refractivity contribution in [3.8, 4) is 17.1 Å². The molecule has 0 radical (unpaired) electrons. The fraction of sp³-hybridized carbons (Fsp3) is 0.174. The van der Waals surface area contributed by atoms with Crippen LogP contribution in [0.25, 0.3) is 22.4 Å². The van der Waals surface area contributed by atoms with Crippen molar-refractivity contribution in [3.05, 3.63) is 80.6 Å². The number of anilines is 1. The Hall–Kier alpha value is -3.98. The van der Waals surface area contributed by atoms with E-state index in [1.54, 1.807) is 55.5 Å². The number of ether oxygens (including phenoxy) is 1. The zero-order chi connectivity index (χ0) is 23.5. The van der Waals surface area contributed by atoms with E-state index in [0.29, 0.717) is 27.8 Å². The van der Waals surface area contributed by atoms with Crippen LogP contribution < -0.4 is 21.3 Å².